The summed E-state index contributed by atoms with van der Waals surface area (Å²) in [5.74, 6) is 0.234. The molecule has 0 aliphatic carbocycles. The molecule has 1 atom stereocenters. The molecule has 0 aliphatic rings. The summed E-state index contributed by atoms with van der Waals surface area (Å²) in [5.41, 5.74) is 3.79. The third-order valence-corrected chi connectivity index (χ3v) is 3.76. The SMILES string of the molecule is CCCCCC(C=N)c1ccccc1-c1ccccc1. The van der Waals surface area contributed by atoms with Crippen LogP contribution in [0.4, 0.5) is 0 Å². The van der Waals surface area contributed by atoms with Crippen LogP contribution < -0.4 is 0 Å². The Morgan fingerprint density at radius 2 is 1.65 bits per heavy atom. The van der Waals surface area contributed by atoms with E-state index in [0.717, 1.165) is 6.42 Å². The number of benzene rings is 2. The molecule has 2 aromatic carbocycles. The van der Waals surface area contributed by atoms with E-state index in [1.54, 1.807) is 6.21 Å². The Bertz CT molecular complexity index is 530. The first-order valence-electron chi connectivity index (χ1n) is 7.51. The summed E-state index contributed by atoms with van der Waals surface area (Å²) in [6.07, 6.45) is 6.35. The number of rotatable bonds is 7. The van der Waals surface area contributed by atoms with Crippen LogP contribution in [0.1, 0.15) is 44.1 Å². The maximum absolute atomic E-state index is 7.77. The van der Waals surface area contributed by atoms with Gasteiger partial charge < -0.3 is 5.41 Å². The predicted molar refractivity (Wildman–Crippen MR) is 87.5 cm³/mol. The molecule has 0 bridgehead atoms. The van der Waals surface area contributed by atoms with Gasteiger partial charge in [-0.15, -0.1) is 0 Å². The van der Waals surface area contributed by atoms with Gasteiger partial charge in [-0.1, -0.05) is 80.8 Å². The number of nitrogens with one attached hydrogen (secondary N) is 1. The fourth-order valence-corrected chi connectivity index (χ4v) is 2.64. The zero-order valence-corrected chi connectivity index (χ0v) is 12.2. The molecule has 0 saturated heterocycles. The molecule has 0 radical (unpaired) electrons. The van der Waals surface area contributed by atoms with E-state index in [-0.39, 0.29) is 5.92 Å². The van der Waals surface area contributed by atoms with E-state index in [1.807, 2.05) is 6.07 Å². The number of hydrogen-bond acceptors (Lipinski definition) is 1. The van der Waals surface area contributed by atoms with Crippen molar-refractivity contribution in [2.75, 3.05) is 0 Å². The zero-order chi connectivity index (χ0) is 14.2. The van der Waals surface area contributed by atoms with Gasteiger partial charge in [0, 0.05) is 12.1 Å². The average Bonchev–Trinajstić information content (AvgIpc) is 2.53. The van der Waals surface area contributed by atoms with Crippen LogP contribution in [-0.4, -0.2) is 6.21 Å². The van der Waals surface area contributed by atoms with E-state index >= 15 is 0 Å². The topological polar surface area (TPSA) is 23.9 Å². The first kappa shape index (κ1) is 14.5. The fourth-order valence-electron chi connectivity index (χ4n) is 2.64. The third-order valence-electron chi connectivity index (χ3n) is 3.76. The molecule has 0 aromatic heterocycles. The molecule has 2 aromatic rings. The van der Waals surface area contributed by atoms with Gasteiger partial charge in [-0.05, 0) is 23.1 Å². The van der Waals surface area contributed by atoms with Gasteiger partial charge in [-0.25, -0.2) is 0 Å². The van der Waals surface area contributed by atoms with Crippen molar-refractivity contribution in [3.8, 4) is 11.1 Å². The molecule has 0 aliphatic heterocycles. The summed E-state index contributed by atoms with van der Waals surface area (Å²) in [5, 5.41) is 7.77. The summed E-state index contributed by atoms with van der Waals surface area (Å²) >= 11 is 0. The lowest BCUT2D eigenvalue weighted by molar-refractivity contribution is 0.647. The molecular formula is C19H23N. The Kier molecular flexibility index (Phi) is 5.55. The minimum Gasteiger partial charge on any atom is -0.312 e. The van der Waals surface area contributed by atoms with Crippen molar-refractivity contribution in [2.45, 2.75) is 38.5 Å². The van der Waals surface area contributed by atoms with Crippen LogP contribution in [0.15, 0.2) is 54.6 Å². The number of hydrogen-bond donors (Lipinski definition) is 1. The summed E-state index contributed by atoms with van der Waals surface area (Å²) in [4.78, 5) is 0. The monoisotopic (exact) mass is 265 g/mol. The molecule has 1 heteroatoms. The van der Waals surface area contributed by atoms with Crippen LogP contribution in [0, 0.1) is 5.41 Å². The average molecular weight is 265 g/mol. The van der Waals surface area contributed by atoms with Gasteiger partial charge in [0.05, 0.1) is 0 Å². The van der Waals surface area contributed by atoms with Crippen LogP contribution in [0.2, 0.25) is 0 Å². The summed E-state index contributed by atoms with van der Waals surface area (Å²) in [6, 6.07) is 19.0. The van der Waals surface area contributed by atoms with Gasteiger partial charge >= 0.3 is 0 Å². The van der Waals surface area contributed by atoms with Gasteiger partial charge in [0.2, 0.25) is 0 Å². The summed E-state index contributed by atoms with van der Waals surface area (Å²) < 4.78 is 0. The molecule has 1 N–H and O–H groups in total. The van der Waals surface area contributed by atoms with Gasteiger partial charge in [-0.3, -0.25) is 0 Å². The predicted octanol–water partition coefficient (Wildman–Crippen LogP) is 5.67. The van der Waals surface area contributed by atoms with Crippen LogP contribution in [0.3, 0.4) is 0 Å². The molecule has 2 rings (SSSR count). The largest absolute Gasteiger partial charge is 0.312 e. The van der Waals surface area contributed by atoms with E-state index in [1.165, 1.54) is 36.0 Å². The Morgan fingerprint density at radius 1 is 0.950 bits per heavy atom. The molecule has 0 heterocycles. The zero-order valence-electron chi connectivity index (χ0n) is 12.2. The van der Waals surface area contributed by atoms with Gasteiger partial charge in [0.1, 0.15) is 0 Å². The highest BCUT2D eigenvalue weighted by Gasteiger charge is 2.13. The summed E-state index contributed by atoms with van der Waals surface area (Å²) in [7, 11) is 0. The highest BCUT2D eigenvalue weighted by Crippen LogP contribution is 2.31. The second kappa shape index (κ2) is 7.64. The second-order valence-electron chi connectivity index (χ2n) is 5.22. The van der Waals surface area contributed by atoms with Crippen molar-refractivity contribution >= 4 is 6.21 Å². The Labute approximate surface area is 122 Å². The van der Waals surface area contributed by atoms with E-state index in [9.17, 15) is 0 Å². The summed E-state index contributed by atoms with van der Waals surface area (Å²) in [6.45, 7) is 2.22. The van der Waals surface area contributed by atoms with Gasteiger partial charge in [0.25, 0.3) is 0 Å². The van der Waals surface area contributed by atoms with Crippen molar-refractivity contribution in [3.05, 3.63) is 60.2 Å². The molecule has 0 spiro atoms. The Balaban J connectivity index is 2.29. The molecule has 1 nitrogen and oxygen atoms in total. The highest BCUT2D eigenvalue weighted by atomic mass is 14.4. The van der Waals surface area contributed by atoms with E-state index < -0.39 is 0 Å². The fraction of sp³-hybridized carbons (Fsp3) is 0.316. The van der Waals surface area contributed by atoms with E-state index in [2.05, 4.69) is 55.5 Å². The molecule has 20 heavy (non-hydrogen) atoms. The highest BCUT2D eigenvalue weighted by molar-refractivity contribution is 5.75. The molecule has 1 unspecified atom stereocenters. The van der Waals surface area contributed by atoms with Crippen LogP contribution in [-0.2, 0) is 0 Å². The molecule has 0 saturated carbocycles. The van der Waals surface area contributed by atoms with E-state index in [0.29, 0.717) is 0 Å². The van der Waals surface area contributed by atoms with Crippen molar-refractivity contribution < 1.29 is 0 Å². The second-order valence-corrected chi connectivity index (χ2v) is 5.22. The van der Waals surface area contributed by atoms with Crippen LogP contribution in [0.25, 0.3) is 11.1 Å². The lowest BCUT2D eigenvalue weighted by Crippen LogP contribution is -2.02. The molecule has 0 fully saturated rings. The standard InChI is InChI=1S/C19H23N/c1-2-3-5-12-17(15-20)19-14-9-8-13-18(19)16-10-6-4-7-11-16/h4,6-11,13-15,17,20H,2-3,5,12H2,1H3. The molecular weight excluding hydrogens is 242 g/mol. The lowest BCUT2D eigenvalue weighted by atomic mass is 9.88. The maximum atomic E-state index is 7.77. The molecule has 104 valence electrons. The van der Waals surface area contributed by atoms with Crippen LogP contribution in [0.5, 0.6) is 0 Å². The Morgan fingerprint density at radius 3 is 2.35 bits per heavy atom. The normalized spacial score (nSPS) is 12.1. The molecule has 0 amide bonds. The Hall–Kier alpha value is -1.89. The first-order chi connectivity index (χ1) is 9.86. The first-order valence-corrected chi connectivity index (χ1v) is 7.51. The minimum atomic E-state index is 0.234. The van der Waals surface area contributed by atoms with Gasteiger partial charge in [-0.2, -0.15) is 0 Å². The van der Waals surface area contributed by atoms with Crippen molar-refractivity contribution in [1.82, 2.24) is 0 Å². The van der Waals surface area contributed by atoms with Crippen molar-refractivity contribution in [2.24, 2.45) is 0 Å². The minimum absolute atomic E-state index is 0.234. The lowest BCUT2D eigenvalue weighted by Gasteiger charge is -2.16. The maximum Gasteiger partial charge on any atom is 0.0192 e. The van der Waals surface area contributed by atoms with Gasteiger partial charge in [0.15, 0.2) is 0 Å². The van der Waals surface area contributed by atoms with E-state index in [4.69, 9.17) is 5.41 Å². The quantitative estimate of drug-likeness (QED) is 0.493. The van der Waals surface area contributed by atoms with Crippen molar-refractivity contribution in [3.63, 3.8) is 0 Å². The van der Waals surface area contributed by atoms with Crippen LogP contribution >= 0.6 is 0 Å². The smallest absolute Gasteiger partial charge is 0.0192 e. The number of unbranched alkanes of at least 4 members (excludes halogenated alkanes) is 2. The third kappa shape index (κ3) is 3.57. The van der Waals surface area contributed by atoms with Crippen molar-refractivity contribution in [1.29, 1.82) is 5.41 Å².